The predicted octanol–water partition coefficient (Wildman–Crippen LogP) is 3.55. The van der Waals surface area contributed by atoms with Gasteiger partial charge in [0.1, 0.15) is 5.75 Å². The number of fused-ring (bicyclic) bond motifs is 2. The number of rotatable bonds is 3. The molecule has 124 valence electrons. The van der Waals surface area contributed by atoms with E-state index >= 15 is 0 Å². The molecule has 3 aromatic rings. The summed E-state index contributed by atoms with van der Waals surface area (Å²) in [5, 5.41) is 16.4. The molecular formula is C21H18N2O2. The number of hydrogen-bond acceptors (Lipinski definition) is 3. The summed E-state index contributed by atoms with van der Waals surface area (Å²) in [4.78, 5) is 12.3. The van der Waals surface area contributed by atoms with Crippen molar-refractivity contribution in [2.75, 3.05) is 0 Å². The molecule has 0 bridgehead atoms. The second-order valence-corrected chi connectivity index (χ2v) is 6.21. The summed E-state index contributed by atoms with van der Waals surface area (Å²) >= 11 is 0. The number of nitrogens with one attached hydrogen (secondary N) is 1. The fraction of sp³-hybridized carbons (Fsp3) is 0.143. The van der Waals surface area contributed by atoms with Crippen LogP contribution in [-0.4, -0.2) is 16.7 Å². The van der Waals surface area contributed by atoms with Gasteiger partial charge in [0.2, 0.25) is 5.91 Å². The first-order chi connectivity index (χ1) is 12.2. The van der Waals surface area contributed by atoms with Gasteiger partial charge in [-0.05, 0) is 35.2 Å². The van der Waals surface area contributed by atoms with Gasteiger partial charge in [-0.15, -0.1) is 0 Å². The topological polar surface area (TPSA) is 61.7 Å². The Morgan fingerprint density at radius 1 is 1.00 bits per heavy atom. The molecule has 4 nitrogen and oxygen atoms in total. The van der Waals surface area contributed by atoms with E-state index in [2.05, 4.69) is 10.5 Å². The molecule has 2 N–H and O–H groups in total. The molecule has 3 aromatic carbocycles. The van der Waals surface area contributed by atoms with Gasteiger partial charge in [-0.2, -0.15) is 5.10 Å². The normalized spacial score (nSPS) is 14.6. The van der Waals surface area contributed by atoms with Crippen molar-refractivity contribution in [3.05, 3.63) is 77.4 Å². The minimum Gasteiger partial charge on any atom is -0.508 e. The van der Waals surface area contributed by atoms with Crippen molar-refractivity contribution in [2.24, 2.45) is 5.10 Å². The van der Waals surface area contributed by atoms with Crippen LogP contribution in [-0.2, 0) is 17.6 Å². The van der Waals surface area contributed by atoms with E-state index in [9.17, 15) is 9.90 Å². The van der Waals surface area contributed by atoms with Gasteiger partial charge >= 0.3 is 0 Å². The molecule has 0 saturated heterocycles. The molecular weight excluding hydrogens is 312 g/mol. The monoisotopic (exact) mass is 330 g/mol. The number of hydrazone groups is 1. The Morgan fingerprint density at radius 3 is 2.72 bits per heavy atom. The Bertz CT molecular complexity index is 987. The first-order valence-electron chi connectivity index (χ1n) is 8.35. The van der Waals surface area contributed by atoms with Crippen LogP contribution in [0.5, 0.6) is 5.75 Å². The third-order valence-corrected chi connectivity index (χ3v) is 4.62. The van der Waals surface area contributed by atoms with Gasteiger partial charge < -0.3 is 5.11 Å². The van der Waals surface area contributed by atoms with Crippen LogP contribution in [0.4, 0.5) is 0 Å². The van der Waals surface area contributed by atoms with Crippen molar-refractivity contribution in [1.82, 2.24) is 5.43 Å². The van der Waals surface area contributed by atoms with E-state index in [1.54, 1.807) is 12.1 Å². The maximum Gasteiger partial charge on any atom is 0.244 e. The lowest BCUT2D eigenvalue weighted by atomic mass is 10.0. The van der Waals surface area contributed by atoms with Crippen LogP contribution in [0.1, 0.15) is 23.1 Å². The number of hydrogen-bond donors (Lipinski definition) is 2. The average molecular weight is 330 g/mol. The summed E-state index contributed by atoms with van der Waals surface area (Å²) in [5.41, 5.74) is 6.30. The zero-order valence-corrected chi connectivity index (χ0v) is 13.7. The molecule has 1 aliphatic rings. The standard InChI is InChI=1S/C21H18N2O2/c24-20-10-4-9-17-18(20)11-12-19(17)22-23-21(25)13-15-7-3-6-14-5-1-2-8-16(14)15/h1-10,24H,11-13H2,(H,23,25)/b22-19+. The van der Waals surface area contributed by atoms with E-state index in [-0.39, 0.29) is 12.3 Å². The number of aromatic hydroxyl groups is 1. The number of nitrogens with zero attached hydrogens (tertiary/aromatic N) is 1. The lowest BCUT2D eigenvalue weighted by Gasteiger charge is -2.06. The van der Waals surface area contributed by atoms with Gasteiger partial charge in [-0.1, -0.05) is 54.6 Å². The molecule has 0 fully saturated rings. The summed E-state index contributed by atoms with van der Waals surface area (Å²) in [6.07, 6.45) is 1.76. The van der Waals surface area contributed by atoms with E-state index in [0.29, 0.717) is 5.75 Å². The third kappa shape index (κ3) is 2.98. The van der Waals surface area contributed by atoms with Crippen LogP contribution >= 0.6 is 0 Å². The number of phenols is 1. The minimum absolute atomic E-state index is 0.141. The molecule has 0 radical (unpaired) electrons. The second kappa shape index (κ2) is 6.40. The van der Waals surface area contributed by atoms with Crippen molar-refractivity contribution in [1.29, 1.82) is 0 Å². The van der Waals surface area contributed by atoms with Gasteiger partial charge in [0.25, 0.3) is 0 Å². The number of phenolic OH excluding ortho intramolecular Hbond substituents is 1. The number of carbonyl (C=O) groups excluding carboxylic acids is 1. The molecule has 0 heterocycles. The largest absolute Gasteiger partial charge is 0.508 e. The highest BCUT2D eigenvalue weighted by Gasteiger charge is 2.20. The lowest BCUT2D eigenvalue weighted by molar-refractivity contribution is -0.120. The Balaban J connectivity index is 1.51. The highest BCUT2D eigenvalue weighted by Crippen LogP contribution is 2.29. The summed E-state index contributed by atoms with van der Waals surface area (Å²) < 4.78 is 0. The first kappa shape index (κ1) is 15.4. The van der Waals surface area contributed by atoms with Crippen LogP contribution in [0.25, 0.3) is 10.8 Å². The highest BCUT2D eigenvalue weighted by atomic mass is 16.3. The van der Waals surface area contributed by atoms with Crippen molar-refractivity contribution in [3.63, 3.8) is 0 Å². The molecule has 0 saturated carbocycles. The second-order valence-electron chi connectivity index (χ2n) is 6.21. The molecule has 25 heavy (non-hydrogen) atoms. The SMILES string of the molecule is O=C(Cc1cccc2ccccc12)N/N=C1\CCc2c(O)cccc21. The molecule has 1 amide bonds. The predicted molar refractivity (Wildman–Crippen MR) is 98.8 cm³/mol. The fourth-order valence-electron chi connectivity index (χ4n) is 3.39. The van der Waals surface area contributed by atoms with Crippen molar-refractivity contribution in [3.8, 4) is 5.75 Å². The van der Waals surface area contributed by atoms with E-state index in [4.69, 9.17) is 0 Å². The molecule has 0 aliphatic heterocycles. The van der Waals surface area contributed by atoms with Gasteiger partial charge in [-0.3, -0.25) is 4.79 Å². The maximum absolute atomic E-state index is 12.3. The molecule has 0 spiro atoms. The van der Waals surface area contributed by atoms with Crippen LogP contribution in [0, 0.1) is 0 Å². The zero-order valence-electron chi connectivity index (χ0n) is 13.7. The van der Waals surface area contributed by atoms with Crippen LogP contribution in [0.2, 0.25) is 0 Å². The van der Waals surface area contributed by atoms with Crippen LogP contribution < -0.4 is 5.43 Å². The van der Waals surface area contributed by atoms with Crippen LogP contribution in [0.15, 0.2) is 65.8 Å². The average Bonchev–Trinajstić information content (AvgIpc) is 3.05. The Kier molecular flexibility index (Phi) is 3.94. The van der Waals surface area contributed by atoms with Gasteiger partial charge in [0.15, 0.2) is 0 Å². The Morgan fingerprint density at radius 2 is 1.80 bits per heavy atom. The van der Waals surface area contributed by atoms with Gasteiger partial charge in [0.05, 0.1) is 12.1 Å². The quantitative estimate of drug-likeness (QED) is 0.721. The van der Waals surface area contributed by atoms with E-state index in [0.717, 1.165) is 46.0 Å². The minimum atomic E-state index is -0.141. The smallest absolute Gasteiger partial charge is 0.244 e. The van der Waals surface area contributed by atoms with Crippen LogP contribution in [0.3, 0.4) is 0 Å². The van der Waals surface area contributed by atoms with E-state index in [1.807, 2.05) is 48.5 Å². The highest BCUT2D eigenvalue weighted by molar-refractivity contribution is 6.05. The molecule has 4 rings (SSSR count). The van der Waals surface area contributed by atoms with E-state index < -0.39 is 0 Å². The fourth-order valence-corrected chi connectivity index (χ4v) is 3.39. The van der Waals surface area contributed by atoms with Crippen molar-refractivity contribution in [2.45, 2.75) is 19.3 Å². The van der Waals surface area contributed by atoms with Crippen molar-refractivity contribution >= 4 is 22.4 Å². The third-order valence-electron chi connectivity index (χ3n) is 4.62. The lowest BCUT2D eigenvalue weighted by Crippen LogP contribution is -2.21. The molecule has 0 aromatic heterocycles. The zero-order chi connectivity index (χ0) is 17.2. The summed E-state index contributed by atoms with van der Waals surface area (Å²) in [6.45, 7) is 0. The molecule has 0 atom stereocenters. The number of carbonyl (C=O) groups is 1. The van der Waals surface area contributed by atoms with E-state index in [1.165, 1.54) is 0 Å². The Hall–Kier alpha value is -3.14. The summed E-state index contributed by atoms with van der Waals surface area (Å²) in [7, 11) is 0. The van der Waals surface area contributed by atoms with Gasteiger partial charge in [0, 0.05) is 11.1 Å². The number of benzene rings is 3. The van der Waals surface area contributed by atoms with Gasteiger partial charge in [-0.25, -0.2) is 5.43 Å². The summed E-state index contributed by atoms with van der Waals surface area (Å²) in [6, 6.07) is 19.4. The number of amides is 1. The molecule has 4 heteroatoms. The van der Waals surface area contributed by atoms with Crippen molar-refractivity contribution < 1.29 is 9.90 Å². The molecule has 0 unspecified atom stereocenters. The maximum atomic E-state index is 12.3. The molecule has 1 aliphatic carbocycles. The Labute approximate surface area is 145 Å². The summed E-state index contributed by atoms with van der Waals surface area (Å²) in [5.74, 6) is 0.155. The first-order valence-corrected chi connectivity index (χ1v) is 8.35.